The molecule has 0 atom stereocenters. The summed E-state index contributed by atoms with van der Waals surface area (Å²) >= 11 is 0. The van der Waals surface area contributed by atoms with Crippen molar-refractivity contribution in [2.24, 2.45) is 0 Å². The summed E-state index contributed by atoms with van der Waals surface area (Å²) in [5.41, 5.74) is 0.643. The van der Waals surface area contributed by atoms with Crippen molar-refractivity contribution in [3.05, 3.63) is 11.8 Å². The molecule has 0 radical (unpaired) electrons. The first-order valence-corrected chi connectivity index (χ1v) is 7.21. The topological polar surface area (TPSA) is 84.2 Å². The molecule has 6 nitrogen and oxygen atoms in total. The Labute approximate surface area is 102 Å². The van der Waals surface area contributed by atoms with Crippen LogP contribution in [0.2, 0.25) is 0 Å². The summed E-state index contributed by atoms with van der Waals surface area (Å²) in [7, 11) is -3.34. The summed E-state index contributed by atoms with van der Waals surface area (Å²) in [5.74, 6) is 0.228. The van der Waals surface area contributed by atoms with Gasteiger partial charge in [0.05, 0.1) is 11.4 Å². The van der Waals surface area contributed by atoms with Crippen LogP contribution in [0.4, 0.5) is 5.88 Å². The maximum atomic E-state index is 11.6. The monoisotopic (exact) mass is 261 g/mol. The van der Waals surface area contributed by atoms with E-state index >= 15 is 0 Å². The zero-order chi connectivity index (χ0) is 12.9. The van der Waals surface area contributed by atoms with Gasteiger partial charge in [-0.3, -0.25) is 4.72 Å². The van der Waals surface area contributed by atoms with Gasteiger partial charge in [0.15, 0.2) is 0 Å². The van der Waals surface area contributed by atoms with Gasteiger partial charge in [-0.1, -0.05) is 19.0 Å². The molecule has 0 aliphatic carbocycles. The SMILES string of the molecule is Cc1cc(NS(=O)(=O)CCCNC(C)C)on1. The first kappa shape index (κ1) is 14.0. The van der Waals surface area contributed by atoms with Crippen LogP contribution in [0.15, 0.2) is 10.6 Å². The lowest BCUT2D eigenvalue weighted by Crippen LogP contribution is -2.26. The molecular formula is C10H19N3O3S. The van der Waals surface area contributed by atoms with Gasteiger partial charge >= 0.3 is 0 Å². The summed E-state index contributed by atoms with van der Waals surface area (Å²) in [6.45, 7) is 6.44. The number of aryl methyl sites for hydroxylation is 1. The van der Waals surface area contributed by atoms with Crippen LogP contribution in [0.5, 0.6) is 0 Å². The molecule has 1 heterocycles. The second-order valence-corrected chi connectivity index (χ2v) is 6.06. The van der Waals surface area contributed by atoms with Gasteiger partial charge in [-0.25, -0.2) is 8.42 Å². The van der Waals surface area contributed by atoms with Gasteiger partial charge in [-0.15, -0.1) is 0 Å². The Balaban J connectivity index is 2.36. The minimum absolute atomic E-state index is 0.0620. The number of hydrogen-bond acceptors (Lipinski definition) is 5. The second kappa shape index (κ2) is 6.02. The van der Waals surface area contributed by atoms with Crippen LogP contribution in [-0.4, -0.2) is 31.9 Å². The Kier molecular flexibility index (Phi) is 4.95. The van der Waals surface area contributed by atoms with Crippen LogP contribution in [0.3, 0.4) is 0 Å². The van der Waals surface area contributed by atoms with Crippen LogP contribution in [-0.2, 0) is 10.0 Å². The molecule has 1 aromatic rings. The summed E-state index contributed by atoms with van der Waals surface area (Å²) < 4.78 is 30.4. The van der Waals surface area contributed by atoms with Crippen molar-refractivity contribution in [2.45, 2.75) is 33.2 Å². The maximum absolute atomic E-state index is 11.6. The molecule has 0 amide bonds. The second-order valence-electron chi connectivity index (χ2n) is 4.22. The molecular weight excluding hydrogens is 242 g/mol. The molecule has 17 heavy (non-hydrogen) atoms. The third-order valence-electron chi connectivity index (χ3n) is 2.03. The van der Waals surface area contributed by atoms with E-state index in [1.807, 2.05) is 13.8 Å². The molecule has 0 unspecified atom stereocenters. The summed E-state index contributed by atoms with van der Waals surface area (Å²) in [6.07, 6.45) is 0.556. The van der Waals surface area contributed by atoms with Gasteiger partial charge in [0.1, 0.15) is 0 Å². The molecule has 0 bridgehead atoms. The molecule has 0 aliphatic heterocycles. The van der Waals surface area contributed by atoms with E-state index in [2.05, 4.69) is 15.2 Å². The van der Waals surface area contributed by atoms with E-state index in [-0.39, 0.29) is 11.6 Å². The van der Waals surface area contributed by atoms with E-state index in [1.165, 1.54) is 0 Å². The molecule has 7 heteroatoms. The number of nitrogens with one attached hydrogen (secondary N) is 2. The highest BCUT2D eigenvalue weighted by Crippen LogP contribution is 2.10. The van der Waals surface area contributed by atoms with Crippen LogP contribution in [0.1, 0.15) is 26.0 Å². The fourth-order valence-electron chi connectivity index (χ4n) is 1.27. The third-order valence-corrected chi connectivity index (χ3v) is 3.36. The predicted octanol–water partition coefficient (Wildman–Crippen LogP) is 1.11. The zero-order valence-electron chi connectivity index (χ0n) is 10.4. The van der Waals surface area contributed by atoms with E-state index in [0.29, 0.717) is 24.7 Å². The van der Waals surface area contributed by atoms with Crippen molar-refractivity contribution in [2.75, 3.05) is 17.0 Å². The van der Waals surface area contributed by atoms with Crippen molar-refractivity contribution < 1.29 is 12.9 Å². The molecule has 0 aliphatic rings. The van der Waals surface area contributed by atoms with Crippen LogP contribution in [0.25, 0.3) is 0 Å². The van der Waals surface area contributed by atoms with Crippen molar-refractivity contribution >= 4 is 15.9 Å². The molecule has 2 N–H and O–H groups in total. The maximum Gasteiger partial charge on any atom is 0.238 e. The van der Waals surface area contributed by atoms with E-state index in [0.717, 1.165) is 0 Å². The van der Waals surface area contributed by atoms with Gasteiger partial charge < -0.3 is 9.84 Å². The molecule has 0 saturated heterocycles. The zero-order valence-corrected chi connectivity index (χ0v) is 11.2. The van der Waals surface area contributed by atoms with Gasteiger partial charge in [-0.05, 0) is 19.9 Å². The van der Waals surface area contributed by atoms with E-state index in [1.54, 1.807) is 13.0 Å². The number of aromatic nitrogens is 1. The number of sulfonamides is 1. The van der Waals surface area contributed by atoms with Gasteiger partial charge in [0.25, 0.3) is 0 Å². The van der Waals surface area contributed by atoms with E-state index < -0.39 is 10.0 Å². The lowest BCUT2D eigenvalue weighted by Gasteiger charge is -2.08. The largest absolute Gasteiger partial charge is 0.338 e. The molecule has 0 saturated carbocycles. The van der Waals surface area contributed by atoms with Crippen LogP contribution in [0, 0.1) is 6.92 Å². The van der Waals surface area contributed by atoms with Crippen molar-refractivity contribution in [3.63, 3.8) is 0 Å². The van der Waals surface area contributed by atoms with Crippen LogP contribution >= 0.6 is 0 Å². The Morgan fingerprint density at radius 1 is 1.47 bits per heavy atom. The summed E-state index contributed by atoms with van der Waals surface area (Å²) in [4.78, 5) is 0. The smallest absolute Gasteiger partial charge is 0.238 e. The van der Waals surface area contributed by atoms with E-state index in [4.69, 9.17) is 4.52 Å². The van der Waals surface area contributed by atoms with Crippen molar-refractivity contribution in [1.82, 2.24) is 10.5 Å². The molecule has 98 valence electrons. The first-order chi connectivity index (χ1) is 7.89. The van der Waals surface area contributed by atoms with Gasteiger partial charge in [0, 0.05) is 12.1 Å². The Hall–Kier alpha value is -1.08. The predicted molar refractivity (Wildman–Crippen MR) is 66.4 cm³/mol. The number of nitrogens with zero attached hydrogens (tertiary/aromatic N) is 1. The lowest BCUT2D eigenvalue weighted by molar-refractivity contribution is 0.430. The third kappa shape index (κ3) is 5.69. The summed E-state index contributed by atoms with van der Waals surface area (Å²) in [5, 5.41) is 6.76. The average molecular weight is 261 g/mol. The summed E-state index contributed by atoms with van der Waals surface area (Å²) in [6, 6.07) is 1.91. The quantitative estimate of drug-likeness (QED) is 0.718. The normalized spacial score (nSPS) is 12.0. The Morgan fingerprint density at radius 3 is 2.71 bits per heavy atom. The number of anilines is 1. The molecule has 0 aromatic carbocycles. The highest BCUT2D eigenvalue weighted by molar-refractivity contribution is 7.92. The fraction of sp³-hybridized carbons (Fsp3) is 0.700. The van der Waals surface area contributed by atoms with Crippen molar-refractivity contribution in [1.29, 1.82) is 0 Å². The molecule has 1 rings (SSSR count). The minimum Gasteiger partial charge on any atom is -0.338 e. The standard InChI is InChI=1S/C10H19N3O3S/c1-8(2)11-5-4-6-17(14,15)13-10-7-9(3)12-16-10/h7-8,11,13H,4-6H2,1-3H3. The molecule has 0 fully saturated rings. The highest BCUT2D eigenvalue weighted by atomic mass is 32.2. The number of rotatable bonds is 7. The highest BCUT2D eigenvalue weighted by Gasteiger charge is 2.12. The lowest BCUT2D eigenvalue weighted by atomic mass is 10.4. The minimum atomic E-state index is -3.34. The van der Waals surface area contributed by atoms with Gasteiger partial charge in [-0.2, -0.15) is 0 Å². The average Bonchev–Trinajstić information content (AvgIpc) is 2.57. The molecule has 1 aromatic heterocycles. The number of hydrogen-bond donors (Lipinski definition) is 2. The molecule has 0 spiro atoms. The fourth-order valence-corrected chi connectivity index (χ4v) is 2.30. The van der Waals surface area contributed by atoms with Gasteiger partial charge in [0.2, 0.25) is 15.9 Å². The Morgan fingerprint density at radius 2 is 2.18 bits per heavy atom. The first-order valence-electron chi connectivity index (χ1n) is 5.56. The van der Waals surface area contributed by atoms with Crippen molar-refractivity contribution in [3.8, 4) is 0 Å². The Bertz CT molecular complexity index is 439. The van der Waals surface area contributed by atoms with Crippen LogP contribution < -0.4 is 10.0 Å². The van der Waals surface area contributed by atoms with E-state index in [9.17, 15) is 8.42 Å².